The van der Waals surface area contributed by atoms with Crippen LogP contribution in [-0.2, 0) is 6.54 Å². The van der Waals surface area contributed by atoms with Crippen molar-refractivity contribution in [1.82, 2.24) is 5.16 Å². The van der Waals surface area contributed by atoms with Crippen molar-refractivity contribution in [2.24, 2.45) is 5.73 Å². The summed E-state index contributed by atoms with van der Waals surface area (Å²) in [7, 11) is 0. The molecule has 1 heterocycles. The highest BCUT2D eigenvalue weighted by molar-refractivity contribution is 6.30. The second-order valence-electron chi connectivity index (χ2n) is 3.40. The molecule has 0 saturated heterocycles. The van der Waals surface area contributed by atoms with Crippen LogP contribution in [0, 0.1) is 12.7 Å². The fourth-order valence-corrected chi connectivity index (χ4v) is 1.68. The fraction of sp³-hybridized carbons (Fsp3) is 0.182. The lowest BCUT2D eigenvalue weighted by atomic mass is 10.1. The third-order valence-electron chi connectivity index (χ3n) is 2.36. The van der Waals surface area contributed by atoms with Gasteiger partial charge >= 0.3 is 0 Å². The minimum atomic E-state index is -0.407. The average molecular weight is 241 g/mol. The van der Waals surface area contributed by atoms with Crippen molar-refractivity contribution in [3.63, 3.8) is 0 Å². The number of nitrogens with two attached hydrogens (primary N) is 1. The molecule has 0 radical (unpaired) electrons. The van der Waals surface area contributed by atoms with E-state index in [1.165, 1.54) is 18.2 Å². The molecule has 0 atom stereocenters. The van der Waals surface area contributed by atoms with Crippen molar-refractivity contribution in [2.75, 3.05) is 0 Å². The van der Waals surface area contributed by atoms with Gasteiger partial charge in [-0.15, -0.1) is 0 Å². The van der Waals surface area contributed by atoms with E-state index in [4.69, 9.17) is 21.9 Å². The normalized spacial score (nSPS) is 10.8. The Kier molecular flexibility index (Phi) is 2.94. The summed E-state index contributed by atoms with van der Waals surface area (Å²) < 4.78 is 18.7. The molecular formula is C11H10ClFN2O. The first kappa shape index (κ1) is 11.1. The van der Waals surface area contributed by atoms with Crippen molar-refractivity contribution in [2.45, 2.75) is 13.5 Å². The zero-order valence-electron chi connectivity index (χ0n) is 8.63. The van der Waals surface area contributed by atoms with E-state index in [-0.39, 0.29) is 12.1 Å². The zero-order valence-corrected chi connectivity index (χ0v) is 9.38. The van der Waals surface area contributed by atoms with Gasteiger partial charge in [-0.2, -0.15) is 0 Å². The molecule has 5 heteroatoms. The first-order valence-electron chi connectivity index (χ1n) is 4.74. The van der Waals surface area contributed by atoms with Gasteiger partial charge in [0.05, 0.1) is 11.3 Å². The molecule has 0 aliphatic carbocycles. The van der Waals surface area contributed by atoms with Crippen LogP contribution in [0.25, 0.3) is 11.3 Å². The second kappa shape index (κ2) is 4.23. The number of nitrogens with zero attached hydrogens (tertiary/aromatic N) is 1. The molecule has 0 saturated carbocycles. The topological polar surface area (TPSA) is 52.0 Å². The van der Waals surface area contributed by atoms with E-state index in [0.29, 0.717) is 22.0 Å². The molecule has 0 amide bonds. The maximum absolute atomic E-state index is 13.6. The van der Waals surface area contributed by atoms with Crippen LogP contribution in [-0.4, -0.2) is 5.16 Å². The van der Waals surface area contributed by atoms with Gasteiger partial charge < -0.3 is 10.3 Å². The first-order chi connectivity index (χ1) is 7.63. The minimum absolute atomic E-state index is 0.247. The maximum atomic E-state index is 13.6. The highest BCUT2D eigenvalue weighted by Gasteiger charge is 2.17. The Labute approximate surface area is 97.0 Å². The molecule has 3 nitrogen and oxygen atoms in total. The van der Waals surface area contributed by atoms with Crippen LogP contribution in [0.15, 0.2) is 22.7 Å². The molecule has 2 aromatic rings. The molecule has 2 rings (SSSR count). The van der Waals surface area contributed by atoms with Crippen LogP contribution in [0.5, 0.6) is 0 Å². The lowest BCUT2D eigenvalue weighted by Crippen LogP contribution is -1.99. The van der Waals surface area contributed by atoms with Gasteiger partial charge in [0.15, 0.2) is 5.76 Å². The monoisotopic (exact) mass is 240 g/mol. The standard InChI is InChI=1S/C11H10ClFN2O/c1-6-9(5-14)11(16-15-6)8-4-7(12)2-3-10(8)13/h2-4H,5,14H2,1H3. The quantitative estimate of drug-likeness (QED) is 0.878. The van der Waals surface area contributed by atoms with Gasteiger partial charge in [0.25, 0.3) is 0 Å². The van der Waals surface area contributed by atoms with Gasteiger partial charge in [0.1, 0.15) is 5.82 Å². The van der Waals surface area contributed by atoms with E-state index in [2.05, 4.69) is 5.16 Å². The van der Waals surface area contributed by atoms with Crippen LogP contribution in [0.1, 0.15) is 11.3 Å². The Morgan fingerprint density at radius 1 is 1.50 bits per heavy atom. The molecule has 1 aromatic carbocycles. The molecule has 0 bridgehead atoms. The van der Waals surface area contributed by atoms with Crippen LogP contribution in [0.2, 0.25) is 5.02 Å². The molecule has 1 aromatic heterocycles. The minimum Gasteiger partial charge on any atom is -0.356 e. The SMILES string of the molecule is Cc1noc(-c2cc(Cl)ccc2F)c1CN. The smallest absolute Gasteiger partial charge is 0.174 e. The Balaban J connectivity index is 2.62. The summed E-state index contributed by atoms with van der Waals surface area (Å²) in [5.41, 5.74) is 7.21. The lowest BCUT2D eigenvalue weighted by Gasteiger charge is -2.02. The lowest BCUT2D eigenvalue weighted by molar-refractivity contribution is 0.424. The molecular weight excluding hydrogens is 231 g/mol. The van der Waals surface area contributed by atoms with Crippen molar-refractivity contribution in [3.05, 3.63) is 40.3 Å². The maximum Gasteiger partial charge on any atom is 0.174 e. The predicted octanol–water partition coefficient (Wildman–Crippen LogP) is 2.90. The van der Waals surface area contributed by atoms with E-state index < -0.39 is 5.82 Å². The second-order valence-corrected chi connectivity index (χ2v) is 3.84. The Morgan fingerprint density at radius 2 is 2.25 bits per heavy atom. The molecule has 84 valence electrons. The largest absolute Gasteiger partial charge is 0.356 e. The number of halogens is 2. The van der Waals surface area contributed by atoms with Crippen molar-refractivity contribution < 1.29 is 8.91 Å². The summed E-state index contributed by atoms with van der Waals surface area (Å²) >= 11 is 5.81. The van der Waals surface area contributed by atoms with Crippen molar-refractivity contribution in [1.29, 1.82) is 0 Å². The van der Waals surface area contributed by atoms with Gasteiger partial charge in [-0.3, -0.25) is 0 Å². The first-order valence-corrected chi connectivity index (χ1v) is 5.12. The van der Waals surface area contributed by atoms with E-state index in [1.54, 1.807) is 6.92 Å². The van der Waals surface area contributed by atoms with E-state index in [1.807, 2.05) is 0 Å². The van der Waals surface area contributed by atoms with Crippen LogP contribution in [0.4, 0.5) is 4.39 Å². The summed E-state index contributed by atoms with van der Waals surface area (Å²) in [5.74, 6) is -0.0600. The molecule has 0 aliphatic heterocycles. The van der Waals surface area contributed by atoms with Crippen LogP contribution >= 0.6 is 11.6 Å². The summed E-state index contributed by atoms with van der Waals surface area (Å²) in [6.45, 7) is 2.01. The third kappa shape index (κ3) is 1.81. The number of rotatable bonds is 2. The summed E-state index contributed by atoms with van der Waals surface area (Å²) in [5, 5.41) is 4.21. The zero-order chi connectivity index (χ0) is 11.7. The molecule has 0 spiro atoms. The number of hydrogen-bond donors (Lipinski definition) is 1. The predicted molar refractivity (Wildman–Crippen MR) is 59.5 cm³/mol. The summed E-state index contributed by atoms with van der Waals surface area (Å²) in [6, 6.07) is 4.26. The summed E-state index contributed by atoms with van der Waals surface area (Å²) in [6.07, 6.45) is 0. The molecule has 0 aliphatic rings. The number of benzene rings is 1. The number of aryl methyl sites for hydroxylation is 1. The van der Waals surface area contributed by atoms with E-state index in [0.717, 1.165) is 0 Å². The molecule has 0 fully saturated rings. The van der Waals surface area contributed by atoms with Gasteiger partial charge in [-0.1, -0.05) is 16.8 Å². The fourth-order valence-electron chi connectivity index (χ4n) is 1.51. The van der Waals surface area contributed by atoms with Crippen LogP contribution in [0.3, 0.4) is 0 Å². The molecule has 2 N–H and O–H groups in total. The average Bonchev–Trinajstić information content (AvgIpc) is 2.63. The van der Waals surface area contributed by atoms with Gasteiger partial charge in [-0.25, -0.2) is 4.39 Å². The summed E-state index contributed by atoms with van der Waals surface area (Å²) in [4.78, 5) is 0. The molecule has 16 heavy (non-hydrogen) atoms. The highest BCUT2D eigenvalue weighted by atomic mass is 35.5. The van der Waals surface area contributed by atoms with Crippen LogP contribution < -0.4 is 5.73 Å². The Hall–Kier alpha value is -1.39. The van der Waals surface area contributed by atoms with E-state index >= 15 is 0 Å². The Morgan fingerprint density at radius 3 is 2.94 bits per heavy atom. The van der Waals surface area contributed by atoms with Crippen molar-refractivity contribution >= 4 is 11.6 Å². The van der Waals surface area contributed by atoms with Gasteiger partial charge in [-0.05, 0) is 25.1 Å². The Bertz CT molecular complexity index is 525. The van der Waals surface area contributed by atoms with Crippen molar-refractivity contribution in [3.8, 4) is 11.3 Å². The third-order valence-corrected chi connectivity index (χ3v) is 2.60. The van der Waals surface area contributed by atoms with Gasteiger partial charge in [0.2, 0.25) is 0 Å². The van der Waals surface area contributed by atoms with Gasteiger partial charge in [0, 0.05) is 17.1 Å². The highest BCUT2D eigenvalue weighted by Crippen LogP contribution is 2.30. The number of hydrogen-bond acceptors (Lipinski definition) is 3. The number of aromatic nitrogens is 1. The van der Waals surface area contributed by atoms with E-state index in [9.17, 15) is 4.39 Å². The molecule has 0 unspecified atom stereocenters.